The number of halogens is 1. The van der Waals surface area contributed by atoms with Crippen LogP contribution in [0.5, 0.6) is 5.75 Å². The molecule has 1 aromatic carbocycles. The van der Waals surface area contributed by atoms with Crippen molar-refractivity contribution >= 4 is 23.2 Å². The molecule has 0 aliphatic rings. The second-order valence-corrected chi connectivity index (χ2v) is 4.12. The van der Waals surface area contributed by atoms with Crippen molar-refractivity contribution in [3.63, 3.8) is 0 Å². The lowest BCUT2D eigenvalue weighted by Crippen LogP contribution is -2.10. The van der Waals surface area contributed by atoms with Gasteiger partial charge in [0.15, 0.2) is 0 Å². The highest BCUT2D eigenvalue weighted by atomic mass is 35.5. The summed E-state index contributed by atoms with van der Waals surface area (Å²) in [4.78, 5) is 11.2. The number of ether oxygens (including phenoxy) is 1. The highest BCUT2D eigenvalue weighted by Crippen LogP contribution is 2.28. The van der Waals surface area contributed by atoms with E-state index in [1.54, 1.807) is 25.1 Å². The molecule has 0 radical (unpaired) electrons. The van der Waals surface area contributed by atoms with Crippen LogP contribution in [-0.4, -0.2) is 12.0 Å². The van der Waals surface area contributed by atoms with Crippen LogP contribution in [0.2, 0.25) is 5.02 Å². The van der Waals surface area contributed by atoms with Crippen molar-refractivity contribution in [2.75, 3.05) is 5.32 Å². The first-order chi connectivity index (χ1) is 7.52. The number of amides is 1. The third-order valence-electron chi connectivity index (χ3n) is 1.90. The van der Waals surface area contributed by atoms with Gasteiger partial charge in [0.1, 0.15) is 5.75 Å². The first-order valence-electron chi connectivity index (χ1n) is 5.29. The molecule has 1 amide bonds. The van der Waals surface area contributed by atoms with Gasteiger partial charge < -0.3 is 10.1 Å². The maximum absolute atomic E-state index is 11.2. The lowest BCUT2D eigenvalue weighted by atomic mass is 10.3. The largest absolute Gasteiger partial charge is 0.489 e. The molecular weight excluding hydrogens is 226 g/mol. The molecule has 4 heteroatoms. The molecule has 0 unspecified atom stereocenters. The van der Waals surface area contributed by atoms with Crippen LogP contribution in [0.15, 0.2) is 18.2 Å². The van der Waals surface area contributed by atoms with Crippen LogP contribution in [0.3, 0.4) is 0 Å². The Balaban J connectivity index is 2.78. The van der Waals surface area contributed by atoms with E-state index in [9.17, 15) is 4.79 Å². The number of benzene rings is 1. The summed E-state index contributed by atoms with van der Waals surface area (Å²) in [6.07, 6.45) is 0.524. The molecule has 0 saturated heterocycles. The lowest BCUT2D eigenvalue weighted by molar-refractivity contribution is -0.115. The number of anilines is 1. The van der Waals surface area contributed by atoms with Crippen LogP contribution in [0.1, 0.15) is 27.2 Å². The van der Waals surface area contributed by atoms with Crippen molar-refractivity contribution in [1.29, 1.82) is 0 Å². The molecule has 0 aliphatic heterocycles. The predicted octanol–water partition coefficient (Wildman–Crippen LogP) is 3.48. The molecule has 1 rings (SSSR count). The van der Waals surface area contributed by atoms with E-state index in [4.69, 9.17) is 16.3 Å². The number of hydrogen-bond donors (Lipinski definition) is 1. The standard InChI is InChI=1S/C12H16ClNO2/c1-4-12(15)14-9-5-6-11(10(13)7-9)16-8(2)3/h5-8H,4H2,1-3H3,(H,14,15). The Morgan fingerprint density at radius 1 is 1.50 bits per heavy atom. The fourth-order valence-electron chi connectivity index (χ4n) is 1.18. The Bertz CT molecular complexity index is 377. The minimum atomic E-state index is -0.0337. The van der Waals surface area contributed by atoms with E-state index in [1.807, 2.05) is 13.8 Å². The molecular formula is C12H16ClNO2. The van der Waals surface area contributed by atoms with Crippen LogP contribution in [-0.2, 0) is 4.79 Å². The van der Waals surface area contributed by atoms with Gasteiger partial charge in [0, 0.05) is 12.1 Å². The molecule has 0 aliphatic carbocycles. The average molecular weight is 242 g/mol. The van der Waals surface area contributed by atoms with Gasteiger partial charge in [-0.05, 0) is 32.0 Å². The number of hydrogen-bond acceptors (Lipinski definition) is 2. The molecule has 0 heterocycles. The van der Waals surface area contributed by atoms with Gasteiger partial charge in [0.25, 0.3) is 0 Å². The first-order valence-corrected chi connectivity index (χ1v) is 5.66. The third-order valence-corrected chi connectivity index (χ3v) is 2.19. The highest BCUT2D eigenvalue weighted by Gasteiger charge is 2.06. The normalized spacial score (nSPS) is 10.3. The fourth-order valence-corrected chi connectivity index (χ4v) is 1.40. The molecule has 1 N–H and O–H groups in total. The van der Waals surface area contributed by atoms with E-state index in [-0.39, 0.29) is 12.0 Å². The van der Waals surface area contributed by atoms with E-state index in [1.165, 1.54) is 0 Å². The van der Waals surface area contributed by atoms with E-state index in [2.05, 4.69) is 5.32 Å². The van der Waals surface area contributed by atoms with Crippen LogP contribution in [0.25, 0.3) is 0 Å². The van der Waals surface area contributed by atoms with Gasteiger partial charge in [0.2, 0.25) is 5.91 Å². The summed E-state index contributed by atoms with van der Waals surface area (Å²) in [5.74, 6) is 0.597. The summed E-state index contributed by atoms with van der Waals surface area (Å²) < 4.78 is 5.49. The van der Waals surface area contributed by atoms with Gasteiger partial charge >= 0.3 is 0 Å². The summed E-state index contributed by atoms with van der Waals surface area (Å²) >= 11 is 6.02. The number of carbonyl (C=O) groups excluding carboxylic acids is 1. The van der Waals surface area contributed by atoms with Gasteiger partial charge in [0.05, 0.1) is 11.1 Å². The van der Waals surface area contributed by atoms with Gasteiger partial charge in [-0.1, -0.05) is 18.5 Å². The Morgan fingerprint density at radius 2 is 2.19 bits per heavy atom. The summed E-state index contributed by atoms with van der Waals surface area (Å²) in [6, 6.07) is 5.22. The van der Waals surface area contributed by atoms with Crippen LogP contribution in [0.4, 0.5) is 5.69 Å². The molecule has 0 spiro atoms. The predicted molar refractivity (Wildman–Crippen MR) is 66.1 cm³/mol. The summed E-state index contributed by atoms with van der Waals surface area (Å²) in [6.45, 7) is 5.67. The van der Waals surface area contributed by atoms with Crippen LogP contribution >= 0.6 is 11.6 Å². The SMILES string of the molecule is CCC(=O)Nc1ccc(OC(C)C)c(Cl)c1. The van der Waals surface area contributed by atoms with Crippen molar-refractivity contribution in [2.45, 2.75) is 33.3 Å². The van der Waals surface area contributed by atoms with Crippen LogP contribution in [0, 0.1) is 0 Å². The van der Waals surface area contributed by atoms with Crippen LogP contribution < -0.4 is 10.1 Å². The van der Waals surface area contributed by atoms with E-state index < -0.39 is 0 Å². The second kappa shape index (κ2) is 5.75. The third kappa shape index (κ3) is 3.74. The number of nitrogens with one attached hydrogen (secondary N) is 1. The van der Waals surface area contributed by atoms with Crippen molar-refractivity contribution in [1.82, 2.24) is 0 Å². The molecule has 0 bridgehead atoms. The monoisotopic (exact) mass is 241 g/mol. The molecule has 1 aromatic rings. The first kappa shape index (κ1) is 12.8. The maximum Gasteiger partial charge on any atom is 0.224 e. The molecule has 0 atom stereocenters. The average Bonchev–Trinajstić information content (AvgIpc) is 2.21. The summed E-state index contributed by atoms with van der Waals surface area (Å²) in [5.41, 5.74) is 0.688. The maximum atomic E-state index is 11.2. The van der Waals surface area contributed by atoms with Crippen molar-refractivity contribution < 1.29 is 9.53 Å². The smallest absolute Gasteiger partial charge is 0.224 e. The Hall–Kier alpha value is -1.22. The van der Waals surface area contributed by atoms with Crippen molar-refractivity contribution in [3.8, 4) is 5.75 Å². The van der Waals surface area contributed by atoms with Gasteiger partial charge in [-0.15, -0.1) is 0 Å². The fraction of sp³-hybridized carbons (Fsp3) is 0.417. The Labute approximate surface area is 101 Å². The zero-order valence-electron chi connectivity index (χ0n) is 9.71. The Morgan fingerprint density at radius 3 is 2.69 bits per heavy atom. The molecule has 0 saturated carbocycles. The summed E-state index contributed by atoms with van der Waals surface area (Å²) in [5, 5.41) is 3.24. The zero-order valence-corrected chi connectivity index (χ0v) is 10.5. The number of carbonyl (C=O) groups is 1. The molecule has 0 fully saturated rings. The lowest BCUT2D eigenvalue weighted by Gasteiger charge is -2.12. The molecule has 88 valence electrons. The van der Waals surface area contributed by atoms with E-state index in [0.29, 0.717) is 22.9 Å². The van der Waals surface area contributed by atoms with E-state index >= 15 is 0 Å². The van der Waals surface area contributed by atoms with Crippen molar-refractivity contribution in [3.05, 3.63) is 23.2 Å². The molecule has 0 aromatic heterocycles. The second-order valence-electron chi connectivity index (χ2n) is 3.71. The van der Waals surface area contributed by atoms with E-state index in [0.717, 1.165) is 0 Å². The molecule has 16 heavy (non-hydrogen) atoms. The Kier molecular flexibility index (Phi) is 4.62. The summed E-state index contributed by atoms with van der Waals surface area (Å²) in [7, 11) is 0. The van der Waals surface area contributed by atoms with Gasteiger partial charge in [-0.3, -0.25) is 4.79 Å². The van der Waals surface area contributed by atoms with Gasteiger partial charge in [-0.25, -0.2) is 0 Å². The topological polar surface area (TPSA) is 38.3 Å². The minimum Gasteiger partial charge on any atom is -0.489 e. The molecule has 3 nitrogen and oxygen atoms in total. The zero-order chi connectivity index (χ0) is 12.1. The minimum absolute atomic E-state index is 0.0337. The van der Waals surface area contributed by atoms with Gasteiger partial charge in [-0.2, -0.15) is 0 Å². The van der Waals surface area contributed by atoms with Crippen molar-refractivity contribution in [2.24, 2.45) is 0 Å². The quantitative estimate of drug-likeness (QED) is 0.877. The highest BCUT2D eigenvalue weighted by molar-refractivity contribution is 6.32. The number of rotatable bonds is 4.